The molecule has 0 amide bonds. The second kappa shape index (κ2) is 8.09. The van der Waals surface area contributed by atoms with Crippen LogP contribution >= 0.6 is 0 Å². The summed E-state index contributed by atoms with van der Waals surface area (Å²) < 4.78 is 11.0. The normalized spacial score (nSPS) is 10.5. The molecule has 0 bridgehead atoms. The third-order valence-corrected chi connectivity index (χ3v) is 2.65. The van der Waals surface area contributed by atoms with Gasteiger partial charge in [-0.3, -0.25) is 0 Å². The van der Waals surface area contributed by atoms with Crippen molar-refractivity contribution in [2.24, 2.45) is 0 Å². The van der Waals surface area contributed by atoms with Crippen LogP contribution in [0.5, 0.6) is 5.75 Å². The number of hydrogen-bond acceptors (Lipinski definition) is 3. The van der Waals surface area contributed by atoms with E-state index in [1.807, 2.05) is 6.07 Å². The molecule has 0 aliphatic carbocycles. The van der Waals surface area contributed by atoms with Crippen molar-refractivity contribution in [2.45, 2.75) is 20.8 Å². The number of rotatable bonds is 8. The number of hydrogen-bond donors (Lipinski definition) is 1. The average Bonchev–Trinajstić information content (AvgIpc) is 2.32. The van der Waals surface area contributed by atoms with Gasteiger partial charge in [0.15, 0.2) is 0 Å². The van der Waals surface area contributed by atoms with E-state index in [-0.39, 0.29) is 0 Å². The SMILES string of the molecule is CCNCCOCCOc1ccc(C)c(C)c1. The molecule has 0 spiro atoms. The summed E-state index contributed by atoms with van der Waals surface area (Å²) >= 11 is 0. The van der Waals surface area contributed by atoms with Crippen LogP contribution in [0.1, 0.15) is 18.1 Å². The Morgan fingerprint density at radius 2 is 1.88 bits per heavy atom. The van der Waals surface area contributed by atoms with Gasteiger partial charge in [-0.1, -0.05) is 13.0 Å². The van der Waals surface area contributed by atoms with Gasteiger partial charge in [-0.2, -0.15) is 0 Å². The molecule has 1 rings (SSSR count). The lowest BCUT2D eigenvalue weighted by Gasteiger charge is -2.09. The molecule has 17 heavy (non-hydrogen) atoms. The zero-order chi connectivity index (χ0) is 12.5. The first-order valence-corrected chi connectivity index (χ1v) is 6.22. The Morgan fingerprint density at radius 3 is 2.59 bits per heavy atom. The maximum Gasteiger partial charge on any atom is 0.119 e. The van der Waals surface area contributed by atoms with E-state index < -0.39 is 0 Å². The van der Waals surface area contributed by atoms with E-state index in [0.717, 1.165) is 25.4 Å². The van der Waals surface area contributed by atoms with E-state index in [0.29, 0.717) is 13.2 Å². The molecule has 3 heteroatoms. The monoisotopic (exact) mass is 237 g/mol. The molecule has 0 fully saturated rings. The second-order valence-electron chi connectivity index (χ2n) is 4.06. The number of ether oxygens (including phenoxy) is 2. The lowest BCUT2D eigenvalue weighted by molar-refractivity contribution is 0.102. The first kappa shape index (κ1) is 14.0. The average molecular weight is 237 g/mol. The predicted molar refractivity (Wildman–Crippen MR) is 70.8 cm³/mol. The van der Waals surface area contributed by atoms with Gasteiger partial charge in [-0.15, -0.1) is 0 Å². The minimum absolute atomic E-state index is 0.606. The number of nitrogens with one attached hydrogen (secondary N) is 1. The van der Waals surface area contributed by atoms with Gasteiger partial charge in [-0.25, -0.2) is 0 Å². The van der Waals surface area contributed by atoms with E-state index in [9.17, 15) is 0 Å². The van der Waals surface area contributed by atoms with Crippen LogP contribution in [-0.4, -0.2) is 32.9 Å². The van der Waals surface area contributed by atoms with Crippen LogP contribution in [0.2, 0.25) is 0 Å². The molecule has 0 aliphatic rings. The maximum atomic E-state index is 5.60. The smallest absolute Gasteiger partial charge is 0.119 e. The van der Waals surface area contributed by atoms with Crippen molar-refractivity contribution in [3.05, 3.63) is 29.3 Å². The Balaban J connectivity index is 2.11. The molecule has 1 aromatic rings. The van der Waals surface area contributed by atoms with Gasteiger partial charge in [0.1, 0.15) is 12.4 Å². The van der Waals surface area contributed by atoms with Crippen LogP contribution in [0.3, 0.4) is 0 Å². The van der Waals surface area contributed by atoms with Crippen LogP contribution in [0.25, 0.3) is 0 Å². The van der Waals surface area contributed by atoms with Crippen molar-refractivity contribution in [1.29, 1.82) is 0 Å². The predicted octanol–water partition coefficient (Wildman–Crippen LogP) is 2.31. The molecule has 96 valence electrons. The second-order valence-corrected chi connectivity index (χ2v) is 4.06. The van der Waals surface area contributed by atoms with E-state index in [1.54, 1.807) is 0 Å². The molecule has 0 saturated heterocycles. The van der Waals surface area contributed by atoms with Crippen LogP contribution in [0.15, 0.2) is 18.2 Å². The number of aryl methyl sites for hydroxylation is 2. The molecule has 0 unspecified atom stereocenters. The topological polar surface area (TPSA) is 30.5 Å². The molecule has 1 aromatic carbocycles. The highest BCUT2D eigenvalue weighted by Gasteiger charge is 1.97. The van der Waals surface area contributed by atoms with Crippen molar-refractivity contribution < 1.29 is 9.47 Å². The van der Waals surface area contributed by atoms with Gasteiger partial charge in [0.2, 0.25) is 0 Å². The largest absolute Gasteiger partial charge is 0.491 e. The molecule has 0 saturated carbocycles. The van der Waals surface area contributed by atoms with Crippen molar-refractivity contribution >= 4 is 0 Å². The molecule has 0 aromatic heterocycles. The summed E-state index contributed by atoms with van der Waals surface area (Å²) in [5.74, 6) is 0.920. The van der Waals surface area contributed by atoms with Gasteiger partial charge >= 0.3 is 0 Å². The highest BCUT2D eigenvalue weighted by Crippen LogP contribution is 2.16. The van der Waals surface area contributed by atoms with E-state index in [1.165, 1.54) is 11.1 Å². The molecular formula is C14H23NO2. The fraction of sp³-hybridized carbons (Fsp3) is 0.571. The molecular weight excluding hydrogens is 214 g/mol. The summed E-state index contributed by atoms with van der Waals surface area (Å²) in [4.78, 5) is 0. The number of benzene rings is 1. The summed E-state index contributed by atoms with van der Waals surface area (Å²) in [5, 5.41) is 3.20. The van der Waals surface area contributed by atoms with Crippen molar-refractivity contribution in [1.82, 2.24) is 5.32 Å². The Kier molecular flexibility index (Phi) is 6.67. The summed E-state index contributed by atoms with van der Waals surface area (Å²) in [6.45, 7) is 10.2. The van der Waals surface area contributed by atoms with Crippen LogP contribution < -0.4 is 10.1 Å². The number of likely N-dealkylation sites (N-methyl/N-ethyl adjacent to an activating group) is 1. The van der Waals surface area contributed by atoms with Crippen LogP contribution in [0, 0.1) is 13.8 Å². The highest BCUT2D eigenvalue weighted by atomic mass is 16.5. The van der Waals surface area contributed by atoms with Gasteiger partial charge in [0.05, 0.1) is 13.2 Å². The highest BCUT2D eigenvalue weighted by molar-refractivity contribution is 5.33. The molecule has 0 heterocycles. The third kappa shape index (κ3) is 5.71. The van der Waals surface area contributed by atoms with Gasteiger partial charge in [-0.05, 0) is 43.7 Å². The zero-order valence-electron chi connectivity index (χ0n) is 11.1. The standard InChI is InChI=1S/C14H23NO2/c1-4-15-7-8-16-9-10-17-14-6-5-12(2)13(3)11-14/h5-6,11,15H,4,7-10H2,1-3H3. The Morgan fingerprint density at radius 1 is 1.06 bits per heavy atom. The summed E-state index contributed by atoms with van der Waals surface area (Å²) in [6, 6.07) is 6.14. The van der Waals surface area contributed by atoms with E-state index >= 15 is 0 Å². The molecule has 0 atom stereocenters. The van der Waals surface area contributed by atoms with Crippen LogP contribution in [0.4, 0.5) is 0 Å². The lowest BCUT2D eigenvalue weighted by atomic mass is 10.1. The van der Waals surface area contributed by atoms with Gasteiger partial charge in [0.25, 0.3) is 0 Å². The molecule has 0 radical (unpaired) electrons. The Labute approximate surface area is 104 Å². The fourth-order valence-electron chi connectivity index (χ4n) is 1.45. The van der Waals surface area contributed by atoms with E-state index in [2.05, 4.69) is 38.2 Å². The minimum Gasteiger partial charge on any atom is -0.491 e. The van der Waals surface area contributed by atoms with E-state index in [4.69, 9.17) is 9.47 Å². The van der Waals surface area contributed by atoms with Crippen molar-refractivity contribution in [2.75, 3.05) is 32.9 Å². The van der Waals surface area contributed by atoms with Crippen LogP contribution in [-0.2, 0) is 4.74 Å². The third-order valence-electron chi connectivity index (χ3n) is 2.65. The minimum atomic E-state index is 0.606. The summed E-state index contributed by atoms with van der Waals surface area (Å²) in [6.07, 6.45) is 0. The van der Waals surface area contributed by atoms with Crippen molar-refractivity contribution in [3.63, 3.8) is 0 Å². The molecule has 1 N–H and O–H groups in total. The molecule has 3 nitrogen and oxygen atoms in total. The Bertz CT molecular complexity index is 326. The quantitative estimate of drug-likeness (QED) is 0.704. The first-order chi connectivity index (χ1) is 8.24. The summed E-state index contributed by atoms with van der Waals surface area (Å²) in [7, 11) is 0. The fourth-order valence-corrected chi connectivity index (χ4v) is 1.45. The van der Waals surface area contributed by atoms with Gasteiger partial charge < -0.3 is 14.8 Å². The zero-order valence-corrected chi connectivity index (χ0v) is 11.1. The van der Waals surface area contributed by atoms with Crippen molar-refractivity contribution in [3.8, 4) is 5.75 Å². The van der Waals surface area contributed by atoms with Gasteiger partial charge in [0, 0.05) is 6.54 Å². The lowest BCUT2D eigenvalue weighted by Crippen LogP contribution is -2.20. The first-order valence-electron chi connectivity index (χ1n) is 6.22. The summed E-state index contributed by atoms with van der Waals surface area (Å²) in [5.41, 5.74) is 2.55. The maximum absolute atomic E-state index is 5.60. The Hall–Kier alpha value is -1.06. The molecule has 0 aliphatic heterocycles.